The first-order valence-electron chi connectivity index (χ1n) is 2.00. The fraction of sp³-hybridized carbons (Fsp3) is 0.250. The Morgan fingerprint density at radius 1 is 1.14 bits per heavy atom. The monoisotopic (exact) mass is 95.0 g/mol. The summed E-state index contributed by atoms with van der Waals surface area (Å²) < 4.78 is 0. The highest BCUT2D eigenvalue weighted by molar-refractivity contribution is 6.18. The second-order valence-corrected chi connectivity index (χ2v) is 1.07. The van der Waals surface area contributed by atoms with E-state index in [9.17, 15) is 0 Å². The molecule has 0 fully saturated rings. The normalized spacial score (nSPS) is 17.1. The van der Waals surface area contributed by atoms with Crippen molar-refractivity contribution in [1.82, 2.24) is 0 Å². The van der Waals surface area contributed by atoms with Crippen LogP contribution in [0.25, 0.3) is 0 Å². The molecule has 0 N–H and O–H groups in total. The SMILES string of the molecule is C1=NC=NCN=C1. The first-order valence-corrected chi connectivity index (χ1v) is 2.00. The fourth-order valence-electron chi connectivity index (χ4n) is 0.302. The maximum absolute atomic E-state index is 3.80. The van der Waals surface area contributed by atoms with Crippen molar-refractivity contribution in [3.8, 4) is 0 Å². The van der Waals surface area contributed by atoms with E-state index < -0.39 is 0 Å². The minimum absolute atomic E-state index is 0.514. The zero-order valence-electron chi connectivity index (χ0n) is 3.78. The van der Waals surface area contributed by atoms with Crippen molar-refractivity contribution in [3.05, 3.63) is 0 Å². The summed E-state index contributed by atoms with van der Waals surface area (Å²) >= 11 is 0. The number of rotatable bonds is 0. The summed E-state index contributed by atoms with van der Waals surface area (Å²) in [4.78, 5) is 11.3. The first-order chi connectivity index (χ1) is 3.50. The van der Waals surface area contributed by atoms with Crippen LogP contribution < -0.4 is 0 Å². The lowest BCUT2D eigenvalue weighted by Crippen LogP contribution is -1.71. The zero-order valence-corrected chi connectivity index (χ0v) is 3.78. The standard InChI is InChI=1S/C4H5N3/c1-2-6-4-7-3-5-1/h1-3H,4H2. The predicted octanol–water partition coefficient (Wildman–Crippen LogP) is 0.127. The van der Waals surface area contributed by atoms with Crippen molar-refractivity contribution >= 4 is 18.8 Å². The van der Waals surface area contributed by atoms with Gasteiger partial charge in [0.05, 0.1) is 0 Å². The highest BCUT2D eigenvalue weighted by Crippen LogP contribution is 1.72. The van der Waals surface area contributed by atoms with E-state index in [1.165, 1.54) is 6.34 Å². The minimum atomic E-state index is 0.514. The maximum atomic E-state index is 3.80. The van der Waals surface area contributed by atoms with Crippen molar-refractivity contribution in [1.29, 1.82) is 0 Å². The second kappa shape index (κ2) is 2.23. The Kier molecular flexibility index (Phi) is 1.33. The van der Waals surface area contributed by atoms with Gasteiger partial charge in [-0.25, -0.2) is 4.99 Å². The average Bonchev–Trinajstić information content (AvgIpc) is 1.90. The lowest BCUT2D eigenvalue weighted by molar-refractivity contribution is 1.09. The largest absolute Gasteiger partial charge is 0.268 e. The average molecular weight is 95.1 g/mol. The van der Waals surface area contributed by atoms with Crippen LogP contribution in [0, 0.1) is 0 Å². The van der Waals surface area contributed by atoms with Crippen LogP contribution in [0.5, 0.6) is 0 Å². The summed E-state index contributed by atoms with van der Waals surface area (Å²) in [6.45, 7) is 0.514. The molecule has 0 bridgehead atoms. The highest BCUT2D eigenvalue weighted by atomic mass is 15.0. The van der Waals surface area contributed by atoms with Crippen LogP contribution in [0.1, 0.15) is 0 Å². The van der Waals surface area contributed by atoms with Crippen LogP contribution in [0.4, 0.5) is 0 Å². The van der Waals surface area contributed by atoms with E-state index in [2.05, 4.69) is 15.0 Å². The van der Waals surface area contributed by atoms with Crippen LogP contribution in [0.3, 0.4) is 0 Å². The van der Waals surface area contributed by atoms with Crippen molar-refractivity contribution in [2.45, 2.75) is 0 Å². The molecular weight excluding hydrogens is 90.1 g/mol. The van der Waals surface area contributed by atoms with Gasteiger partial charge in [0.2, 0.25) is 0 Å². The van der Waals surface area contributed by atoms with E-state index in [0.29, 0.717) is 6.67 Å². The molecule has 0 aromatic carbocycles. The van der Waals surface area contributed by atoms with Gasteiger partial charge in [-0.3, -0.25) is 9.98 Å². The zero-order chi connectivity index (χ0) is 4.95. The van der Waals surface area contributed by atoms with Gasteiger partial charge in [-0.15, -0.1) is 0 Å². The van der Waals surface area contributed by atoms with Crippen LogP contribution in [0.2, 0.25) is 0 Å². The third-order valence-electron chi connectivity index (χ3n) is 0.570. The molecule has 0 saturated carbocycles. The van der Waals surface area contributed by atoms with E-state index in [1.54, 1.807) is 12.4 Å². The molecule has 3 heteroatoms. The van der Waals surface area contributed by atoms with Gasteiger partial charge in [0.1, 0.15) is 13.0 Å². The Hall–Kier alpha value is -0.990. The van der Waals surface area contributed by atoms with E-state index in [-0.39, 0.29) is 0 Å². The molecule has 0 radical (unpaired) electrons. The fourth-order valence-corrected chi connectivity index (χ4v) is 0.302. The van der Waals surface area contributed by atoms with Crippen LogP contribution in [-0.4, -0.2) is 25.4 Å². The van der Waals surface area contributed by atoms with Gasteiger partial charge >= 0.3 is 0 Å². The second-order valence-electron chi connectivity index (χ2n) is 1.07. The highest BCUT2D eigenvalue weighted by Gasteiger charge is 1.71. The first kappa shape index (κ1) is 4.18. The van der Waals surface area contributed by atoms with E-state index >= 15 is 0 Å². The Balaban J connectivity index is 2.60. The summed E-state index contributed by atoms with van der Waals surface area (Å²) in [6, 6.07) is 0. The molecule has 1 heterocycles. The van der Waals surface area contributed by atoms with Crippen molar-refractivity contribution < 1.29 is 0 Å². The van der Waals surface area contributed by atoms with Gasteiger partial charge in [0.15, 0.2) is 0 Å². The third kappa shape index (κ3) is 1.26. The Morgan fingerprint density at radius 3 is 3.14 bits per heavy atom. The topological polar surface area (TPSA) is 37.1 Å². The van der Waals surface area contributed by atoms with Crippen molar-refractivity contribution in [2.24, 2.45) is 15.0 Å². The molecule has 0 spiro atoms. The molecule has 1 aliphatic rings. The molecule has 0 atom stereocenters. The summed E-state index contributed by atoms with van der Waals surface area (Å²) in [6.07, 6.45) is 4.73. The predicted molar refractivity (Wildman–Crippen MR) is 30.3 cm³/mol. The maximum Gasteiger partial charge on any atom is 0.131 e. The minimum Gasteiger partial charge on any atom is -0.268 e. The van der Waals surface area contributed by atoms with Crippen molar-refractivity contribution in [2.75, 3.05) is 6.67 Å². The van der Waals surface area contributed by atoms with Crippen LogP contribution in [-0.2, 0) is 0 Å². The van der Waals surface area contributed by atoms with Gasteiger partial charge < -0.3 is 0 Å². The van der Waals surface area contributed by atoms with E-state index in [0.717, 1.165) is 0 Å². The van der Waals surface area contributed by atoms with Crippen LogP contribution >= 0.6 is 0 Å². The Labute approximate surface area is 41.5 Å². The van der Waals surface area contributed by atoms with Crippen LogP contribution in [0.15, 0.2) is 15.0 Å². The quantitative estimate of drug-likeness (QED) is 0.410. The molecule has 36 valence electrons. The molecule has 0 aromatic heterocycles. The lowest BCUT2D eigenvalue weighted by Gasteiger charge is -1.71. The smallest absolute Gasteiger partial charge is 0.131 e. The summed E-state index contributed by atoms with van der Waals surface area (Å²) in [5.74, 6) is 0. The van der Waals surface area contributed by atoms with Gasteiger partial charge in [0, 0.05) is 12.4 Å². The van der Waals surface area contributed by atoms with E-state index in [4.69, 9.17) is 0 Å². The van der Waals surface area contributed by atoms with Gasteiger partial charge in [-0.2, -0.15) is 0 Å². The Bertz CT molecular complexity index is 109. The molecule has 0 amide bonds. The molecule has 7 heavy (non-hydrogen) atoms. The van der Waals surface area contributed by atoms with Crippen molar-refractivity contribution in [3.63, 3.8) is 0 Å². The third-order valence-corrected chi connectivity index (χ3v) is 0.570. The Morgan fingerprint density at radius 2 is 2.14 bits per heavy atom. The van der Waals surface area contributed by atoms with E-state index in [1.807, 2.05) is 0 Å². The number of nitrogens with zero attached hydrogens (tertiary/aromatic N) is 3. The molecule has 0 aromatic rings. The summed E-state index contributed by atoms with van der Waals surface area (Å²) in [7, 11) is 0. The van der Waals surface area contributed by atoms with Gasteiger partial charge in [-0.1, -0.05) is 0 Å². The summed E-state index contributed by atoms with van der Waals surface area (Å²) in [5, 5.41) is 0. The molecule has 3 nitrogen and oxygen atoms in total. The lowest BCUT2D eigenvalue weighted by atomic mass is 10.8. The molecule has 0 saturated heterocycles. The molecule has 1 aliphatic heterocycles. The molecular formula is C4H5N3. The number of hydrogen-bond donors (Lipinski definition) is 0. The number of hydrogen-bond acceptors (Lipinski definition) is 3. The van der Waals surface area contributed by atoms with Gasteiger partial charge in [0.25, 0.3) is 0 Å². The number of aliphatic imine (C=N–C) groups is 3. The molecule has 0 unspecified atom stereocenters. The molecule has 1 rings (SSSR count). The van der Waals surface area contributed by atoms with Gasteiger partial charge in [-0.05, 0) is 0 Å². The molecule has 0 aliphatic carbocycles. The summed E-state index contributed by atoms with van der Waals surface area (Å²) in [5.41, 5.74) is 0.